The number of nitrogens with one attached hydrogen (secondary N) is 2. The van der Waals surface area contributed by atoms with Gasteiger partial charge >= 0.3 is 0 Å². The van der Waals surface area contributed by atoms with Gasteiger partial charge in [-0.15, -0.1) is 0 Å². The topological polar surface area (TPSA) is 87.7 Å². The van der Waals surface area contributed by atoms with Crippen molar-refractivity contribution >= 4 is 15.7 Å². The lowest BCUT2D eigenvalue weighted by molar-refractivity contribution is 0.599. The van der Waals surface area contributed by atoms with Crippen LogP contribution in [0.3, 0.4) is 0 Å². The third-order valence-corrected chi connectivity index (χ3v) is 4.97. The molecule has 25 heavy (non-hydrogen) atoms. The van der Waals surface area contributed by atoms with E-state index in [0.717, 1.165) is 12.1 Å². The van der Waals surface area contributed by atoms with Crippen LogP contribution in [-0.2, 0) is 10.0 Å². The molecule has 3 rings (SSSR count). The number of halogens is 1. The van der Waals surface area contributed by atoms with Crippen LogP contribution < -0.4 is 4.72 Å². The normalized spacial score (nSPS) is 11.7. The van der Waals surface area contributed by atoms with Crippen molar-refractivity contribution in [3.05, 3.63) is 60.2 Å². The number of hydrogen-bond acceptors (Lipinski definition) is 4. The molecule has 0 atom stereocenters. The van der Waals surface area contributed by atoms with E-state index in [2.05, 4.69) is 19.9 Å². The molecule has 0 bridgehead atoms. The smallest absolute Gasteiger partial charge is 0.261 e. The number of anilines is 1. The molecule has 0 spiro atoms. The van der Waals surface area contributed by atoms with Gasteiger partial charge in [0, 0.05) is 11.5 Å². The Morgan fingerprint density at radius 1 is 1.08 bits per heavy atom. The second-order valence-electron chi connectivity index (χ2n) is 5.80. The molecule has 1 aromatic heterocycles. The quantitative estimate of drug-likeness (QED) is 0.728. The molecule has 130 valence electrons. The number of aromatic amines is 1. The Morgan fingerprint density at radius 2 is 1.76 bits per heavy atom. The van der Waals surface area contributed by atoms with Crippen LogP contribution in [-0.4, -0.2) is 23.6 Å². The number of H-pyrrole nitrogens is 1. The van der Waals surface area contributed by atoms with Gasteiger partial charge in [-0.3, -0.25) is 9.82 Å². The van der Waals surface area contributed by atoms with Gasteiger partial charge in [-0.2, -0.15) is 5.10 Å². The molecule has 3 aromatic rings. The summed E-state index contributed by atoms with van der Waals surface area (Å²) >= 11 is 0. The highest BCUT2D eigenvalue weighted by atomic mass is 32.2. The number of sulfonamides is 1. The fraction of sp³-hybridized carbons (Fsp3) is 0.176. The maximum absolute atomic E-state index is 13.0. The van der Waals surface area contributed by atoms with E-state index in [1.54, 1.807) is 24.3 Å². The molecule has 0 radical (unpaired) electrons. The Bertz CT molecular complexity index is 982. The van der Waals surface area contributed by atoms with Gasteiger partial charge in [-0.05, 0) is 36.4 Å². The van der Waals surface area contributed by atoms with Crippen LogP contribution in [0.25, 0.3) is 11.4 Å². The molecule has 0 saturated heterocycles. The fourth-order valence-corrected chi connectivity index (χ4v) is 3.32. The monoisotopic (exact) mass is 360 g/mol. The average Bonchev–Trinajstić information content (AvgIpc) is 3.05. The van der Waals surface area contributed by atoms with Gasteiger partial charge in [0.25, 0.3) is 10.0 Å². The van der Waals surface area contributed by atoms with Crippen molar-refractivity contribution in [2.75, 3.05) is 4.72 Å². The summed E-state index contributed by atoms with van der Waals surface area (Å²) in [7, 11) is -3.85. The Balaban J connectivity index is 1.97. The van der Waals surface area contributed by atoms with Crippen molar-refractivity contribution in [1.82, 2.24) is 15.2 Å². The third-order valence-electron chi connectivity index (χ3n) is 3.59. The Kier molecular flexibility index (Phi) is 4.54. The molecule has 0 fully saturated rings. The largest absolute Gasteiger partial charge is 0.279 e. The minimum absolute atomic E-state index is 0.0263. The molecule has 8 heteroatoms. The molecule has 0 aliphatic heterocycles. The summed E-state index contributed by atoms with van der Waals surface area (Å²) < 4.78 is 40.6. The first-order chi connectivity index (χ1) is 11.9. The number of nitrogens with zero attached hydrogens (tertiary/aromatic N) is 2. The zero-order valence-corrected chi connectivity index (χ0v) is 14.5. The van der Waals surface area contributed by atoms with Crippen molar-refractivity contribution in [2.24, 2.45) is 0 Å². The van der Waals surface area contributed by atoms with Crippen molar-refractivity contribution in [2.45, 2.75) is 24.7 Å². The third kappa shape index (κ3) is 3.69. The number of rotatable bonds is 5. The fourth-order valence-electron chi connectivity index (χ4n) is 2.24. The van der Waals surface area contributed by atoms with Crippen molar-refractivity contribution in [1.29, 1.82) is 0 Å². The summed E-state index contributed by atoms with van der Waals surface area (Å²) in [4.78, 5) is 4.38. The maximum atomic E-state index is 13.0. The molecule has 6 nitrogen and oxygen atoms in total. The van der Waals surface area contributed by atoms with E-state index >= 15 is 0 Å². The summed E-state index contributed by atoms with van der Waals surface area (Å²) in [6, 6.07) is 11.5. The summed E-state index contributed by atoms with van der Waals surface area (Å²) in [6.45, 7) is 3.96. The van der Waals surface area contributed by atoms with E-state index in [1.165, 1.54) is 12.1 Å². The molecule has 2 aromatic carbocycles. The Hall–Kier alpha value is -2.74. The van der Waals surface area contributed by atoms with Crippen LogP contribution in [0.4, 0.5) is 10.1 Å². The molecule has 0 amide bonds. The van der Waals surface area contributed by atoms with Gasteiger partial charge in [0.15, 0.2) is 5.82 Å². The molecule has 2 N–H and O–H groups in total. The van der Waals surface area contributed by atoms with Gasteiger partial charge in [0.1, 0.15) is 11.6 Å². The number of aromatic nitrogens is 3. The molecule has 0 aliphatic rings. The van der Waals surface area contributed by atoms with E-state index in [1.807, 2.05) is 13.8 Å². The van der Waals surface area contributed by atoms with Crippen molar-refractivity contribution < 1.29 is 12.8 Å². The predicted octanol–water partition coefficient (Wildman–Crippen LogP) is 3.54. The molecule has 0 aliphatic carbocycles. The van der Waals surface area contributed by atoms with E-state index in [4.69, 9.17) is 0 Å². The van der Waals surface area contributed by atoms with Crippen LogP contribution in [0.15, 0.2) is 53.4 Å². The molecular formula is C17H17FN4O2S. The minimum Gasteiger partial charge on any atom is -0.279 e. The predicted molar refractivity (Wildman–Crippen MR) is 93.1 cm³/mol. The van der Waals surface area contributed by atoms with E-state index < -0.39 is 15.8 Å². The van der Waals surface area contributed by atoms with Gasteiger partial charge in [-0.1, -0.05) is 26.0 Å². The lowest BCUT2D eigenvalue weighted by atomic mass is 10.1. The van der Waals surface area contributed by atoms with Gasteiger partial charge in [0.05, 0.1) is 10.6 Å². The first-order valence-corrected chi connectivity index (χ1v) is 9.15. The standard InChI is InChI=1S/C17H17FN4O2S/c1-11(2)16-19-17(21-20-16)14-5-3-4-6-15(14)22-25(23,24)13-9-7-12(18)8-10-13/h3-11,22H,1-2H3,(H,19,20,21). The van der Waals surface area contributed by atoms with Crippen LogP contribution in [0.5, 0.6) is 0 Å². The second-order valence-corrected chi connectivity index (χ2v) is 7.49. The Morgan fingerprint density at radius 3 is 2.40 bits per heavy atom. The second kappa shape index (κ2) is 6.64. The van der Waals surface area contributed by atoms with Crippen LogP contribution >= 0.6 is 0 Å². The number of benzene rings is 2. The highest BCUT2D eigenvalue weighted by molar-refractivity contribution is 7.92. The lowest BCUT2D eigenvalue weighted by Gasteiger charge is -2.11. The van der Waals surface area contributed by atoms with Gasteiger partial charge in [0.2, 0.25) is 0 Å². The summed E-state index contributed by atoms with van der Waals surface area (Å²) in [5.74, 6) is 0.790. The molecule has 0 unspecified atom stereocenters. The summed E-state index contributed by atoms with van der Waals surface area (Å²) in [5.41, 5.74) is 0.900. The first kappa shape index (κ1) is 17.1. The zero-order chi connectivity index (χ0) is 18.0. The number of hydrogen-bond donors (Lipinski definition) is 2. The molecule has 0 saturated carbocycles. The first-order valence-electron chi connectivity index (χ1n) is 7.67. The highest BCUT2D eigenvalue weighted by Crippen LogP contribution is 2.28. The number of para-hydroxylation sites is 1. The Labute approximate surface area is 145 Å². The van der Waals surface area contributed by atoms with Gasteiger partial charge in [-0.25, -0.2) is 17.8 Å². The summed E-state index contributed by atoms with van der Waals surface area (Å²) in [5, 5.41) is 7.01. The minimum atomic E-state index is -3.85. The average molecular weight is 360 g/mol. The molecular weight excluding hydrogens is 343 g/mol. The highest BCUT2D eigenvalue weighted by Gasteiger charge is 2.18. The van der Waals surface area contributed by atoms with Crippen molar-refractivity contribution in [3.8, 4) is 11.4 Å². The molecule has 1 heterocycles. The van der Waals surface area contributed by atoms with Crippen LogP contribution in [0.1, 0.15) is 25.6 Å². The van der Waals surface area contributed by atoms with E-state index in [0.29, 0.717) is 22.9 Å². The van der Waals surface area contributed by atoms with Crippen molar-refractivity contribution in [3.63, 3.8) is 0 Å². The lowest BCUT2D eigenvalue weighted by Crippen LogP contribution is -2.13. The van der Waals surface area contributed by atoms with Crippen LogP contribution in [0.2, 0.25) is 0 Å². The SMILES string of the molecule is CC(C)c1nc(-c2ccccc2NS(=O)(=O)c2ccc(F)cc2)n[nH]1. The van der Waals surface area contributed by atoms with Gasteiger partial charge < -0.3 is 0 Å². The van der Waals surface area contributed by atoms with E-state index in [-0.39, 0.29) is 10.8 Å². The van der Waals surface area contributed by atoms with E-state index in [9.17, 15) is 12.8 Å². The zero-order valence-electron chi connectivity index (χ0n) is 13.7. The van der Waals surface area contributed by atoms with Crippen LogP contribution in [0, 0.1) is 5.82 Å². The summed E-state index contributed by atoms with van der Waals surface area (Å²) in [6.07, 6.45) is 0. The maximum Gasteiger partial charge on any atom is 0.261 e.